The Morgan fingerprint density at radius 1 is 0.759 bits per heavy atom. The Morgan fingerprint density at radius 2 is 1.21 bits per heavy atom. The molecule has 154 valence electrons. The molecule has 7 heteroatoms. The fourth-order valence-corrected chi connectivity index (χ4v) is 2.33. The van der Waals surface area contributed by atoms with Crippen LogP contribution in [0.3, 0.4) is 0 Å². The molecule has 2 aromatic rings. The lowest BCUT2D eigenvalue weighted by Crippen LogP contribution is -2.46. The Labute approximate surface area is 169 Å². The van der Waals surface area contributed by atoms with Gasteiger partial charge in [0.15, 0.2) is 0 Å². The molecule has 0 bridgehead atoms. The van der Waals surface area contributed by atoms with Gasteiger partial charge in [0.2, 0.25) is 0 Å². The van der Waals surface area contributed by atoms with E-state index in [2.05, 4.69) is 0 Å². The number of hydrogen-bond donors (Lipinski definition) is 0. The molecule has 0 aliphatic heterocycles. The molecule has 0 radical (unpaired) electrons. The van der Waals surface area contributed by atoms with Gasteiger partial charge in [0.25, 0.3) is 12.4 Å². The lowest BCUT2D eigenvalue weighted by Gasteiger charge is -2.30. The van der Waals surface area contributed by atoms with Crippen LogP contribution in [0.1, 0.15) is 41.5 Å². The number of esters is 3. The second kappa shape index (κ2) is 9.84. The predicted octanol–water partition coefficient (Wildman–Crippen LogP) is 3.38. The minimum Gasteiger partial charge on any atom is -0.466 e. The minimum absolute atomic E-state index is 0.227. The molecule has 2 aromatic carbocycles. The fraction of sp³-hybridized carbons (Fsp3) is 0.318. The number of ether oxygens (including phenoxy) is 4. The maximum atomic E-state index is 12.5. The van der Waals surface area contributed by atoms with Gasteiger partial charge in [-0.2, -0.15) is 0 Å². The third kappa shape index (κ3) is 6.73. The van der Waals surface area contributed by atoms with Crippen molar-refractivity contribution in [1.29, 1.82) is 0 Å². The second-order valence-electron chi connectivity index (χ2n) is 7.09. The van der Waals surface area contributed by atoms with E-state index in [1.165, 1.54) is 12.1 Å². The van der Waals surface area contributed by atoms with E-state index in [4.69, 9.17) is 18.9 Å². The first-order valence-corrected chi connectivity index (χ1v) is 8.99. The average Bonchev–Trinajstić information content (AvgIpc) is 2.71. The lowest BCUT2D eigenvalue weighted by molar-refractivity contribution is -0.218. The van der Waals surface area contributed by atoms with E-state index in [0.717, 1.165) is 7.11 Å². The smallest absolute Gasteiger partial charge is 0.353 e. The summed E-state index contributed by atoms with van der Waals surface area (Å²) in [6.45, 7) is 5.14. The van der Waals surface area contributed by atoms with Gasteiger partial charge in [-0.05, 0) is 45.0 Å². The van der Waals surface area contributed by atoms with Crippen molar-refractivity contribution in [3.05, 3.63) is 71.8 Å². The fourth-order valence-electron chi connectivity index (χ4n) is 2.33. The molecule has 29 heavy (non-hydrogen) atoms. The maximum absolute atomic E-state index is 12.5. The molecule has 0 heterocycles. The summed E-state index contributed by atoms with van der Waals surface area (Å²) in [7, 11) is 1.14. The Balaban J connectivity index is 2.30. The Bertz CT molecular complexity index is 825. The van der Waals surface area contributed by atoms with Gasteiger partial charge in [-0.15, -0.1) is 0 Å². The van der Waals surface area contributed by atoms with Gasteiger partial charge < -0.3 is 18.9 Å². The van der Waals surface area contributed by atoms with Crippen LogP contribution >= 0.6 is 0 Å². The van der Waals surface area contributed by atoms with Crippen LogP contribution in [-0.2, 0) is 23.7 Å². The van der Waals surface area contributed by atoms with E-state index < -0.39 is 35.9 Å². The van der Waals surface area contributed by atoms with Crippen molar-refractivity contribution in [3.8, 4) is 0 Å². The molecule has 7 nitrogen and oxygen atoms in total. The first-order valence-electron chi connectivity index (χ1n) is 8.99. The zero-order chi connectivity index (χ0) is 21.4. The molecule has 0 spiro atoms. The Morgan fingerprint density at radius 3 is 1.62 bits per heavy atom. The molecule has 0 fully saturated rings. The van der Waals surface area contributed by atoms with Crippen molar-refractivity contribution in [3.63, 3.8) is 0 Å². The summed E-state index contributed by atoms with van der Waals surface area (Å²) in [6, 6.07) is 16.3. The maximum Gasteiger partial charge on any atom is 0.353 e. The molecule has 0 aliphatic rings. The standard InChI is InChI=1S/C22H24O7/c1-22(2,3)29-21(28-19(24)16-13-9-6-10-14-16)17(20(25)26-4)27-18(23)15-11-7-5-8-12-15/h5-14,17,21H,1-4H3/t17-,21-/m0/s1. The van der Waals surface area contributed by atoms with Crippen molar-refractivity contribution in [2.45, 2.75) is 38.8 Å². The van der Waals surface area contributed by atoms with E-state index in [-0.39, 0.29) is 11.1 Å². The van der Waals surface area contributed by atoms with Gasteiger partial charge in [-0.3, -0.25) is 0 Å². The molecule has 0 aromatic heterocycles. The van der Waals surface area contributed by atoms with Crippen LogP contribution in [0.15, 0.2) is 60.7 Å². The minimum atomic E-state index is -1.61. The lowest BCUT2D eigenvalue weighted by atomic mass is 10.2. The third-order valence-electron chi connectivity index (χ3n) is 3.63. The van der Waals surface area contributed by atoms with Crippen molar-refractivity contribution in [1.82, 2.24) is 0 Å². The zero-order valence-corrected chi connectivity index (χ0v) is 16.8. The molecule has 2 rings (SSSR count). The van der Waals surface area contributed by atoms with Gasteiger partial charge in [0, 0.05) is 0 Å². The number of methoxy groups -OCH3 is 1. The molecule has 0 unspecified atom stereocenters. The van der Waals surface area contributed by atoms with E-state index >= 15 is 0 Å². The SMILES string of the molecule is COC(=O)[C@H](OC(=O)c1ccccc1)[C@@H](OC(=O)c1ccccc1)OC(C)(C)C. The van der Waals surface area contributed by atoms with Gasteiger partial charge in [0.05, 0.1) is 23.8 Å². The van der Waals surface area contributed by atoms with Crippen LogP contribution in [0.4, 0.5) is 0 Å². The molecule has 0 amide bonds. The van der Waals surface area contributed by atoms with Crippen molar-refractivity contribution < 1.29 is 33.3 Å². The summed E-state index contributed by atoms with van der Waals surface area (Å²) in [4.78, 5) is 37.3. The van der Waals surface area contributed by atoms with E-state index in [1.54, 1.807) is 69.3 Å². The molecule has 0 saturated carbocycles. The average molecular weight is 400 g/mol. The van der Waals surface area contributed by atoms with Gasteiger partial charge in [0.1, 0.15) is 0 Å². The number of carbonyl (C=O) groups excluding carboxylic acids is 3. The molecular formula is C22H24O7. The number of benzene rings is 2. The quantitative estimate of drug-likeness (QED) is 0.400. The van der Waals surface area contributed by atoms with Crippen LogP contribution in [0.2, 0.25) is 0 Å². The number of carbonyl (C=O) groups is 3. The van der Waals surface area contributed by atoms with Crippen LogP contribution in [0, 0.1) is 0 Å². The van der Waals surface area contributed by atoms with Crippen LogP contribution in [0.5, 0.6) is 0 Å². The van der Waals surface area contributed by atoms with Crippen LogP contribution in [-0.4, -0.2) is 43.0 Å². The van der Waals surface area contributed by atoms with Crippen molar-refractivity contribution in [2.24, 2.45) is 0 Å². The van der Waals surface area contributed by atoms with Crippen LogP contribution in [0.25, 0.3) is 0 Å². The zero-order valence-electron chi connectivity index (χ0n) is 16.8. The predicted molar refractivity (Wildman–Crippen MR) is 104 cm³/mol. The van der Waals surface area contributed by atoms with E-state index in [1.807, 2.05) is 0 Å². The van der Waals surface area contributed by atoms with Crippen molar-refractivity contribution in [2.75, 3.05) is 7.11 Å². The Hall–Kier alpha value is -3.19. The summed E-state index contributed by atoms with van der Waals surface area (Å²) in [5, 5.41) is 0. The summed E-state index contributed by atoms with van der Waals surface area (Å²) >= 11 is 0. The molecule has 0 N–H and O–H groups in total. The highest BCUT2D eigenvalue weighted by molar-refractivity contribution is 5.92. The van der Waals surface area contributed by atoms with Gasteiger partial charge in [-0.25, -0.2) is 14.4 Å². The summed E-state index contributed by atoms with van der Waals surface area (Å²) in [5.41, 5.74) is -0.328. The monoisotopic (exact) mass is 400 g/mol. The number of hydrogen-bond acceptors (Lipinski definition) is 7. The highest BCUT2D eigenvalue weighted by Gasteiger charge is 2.40. The first kappa shape index (κ1) is 22.1. The molecule has 0 saturated heterocycles. The third-order valence-corrected chi connectivity index (χ3v) is 3.63. The van der Waals surface area contributed by atoms with Crippen molar-refractivity contribution >= 4 is 17.9 Å². The van der Waals surface area contributed by atoms with E-state index in [0.29, 0.717) is 0 Å². The first-order chi connectivity index (χ1) is 13.7. The van der Waals surface area contributed by atoms with Crippen LogP contribution < -0.4 is 0 Å². The highest BCUT2D eigenvalue weighted by Crippen LogP contribution is 2.20. The number of rotatable bonds is 7. The summed E-state index contributed by atoms with van der Waals surface area (Å²) in [5.74, 6) is -2.42. The van der Waals surface area contributed by atoms with E-state index in [9.17, 15) is 14.4 Å². The largest absolute Gasteiger partial charge is 0.466 e. The molecule has 2 atom stereocenters. The molecular weight excluding hydrogens is 376 g/mol. The van der Waals surface area contributed by atoms with Gasteiger partial charge in [-0.1, -0.05) is 36.4 Å². The highest BCUT2D eigenvalue weighted by atomic mass is 16.7. The molecule has 0 aliphatic carbocycles. The second-order valence-corrected chi connectivity index (χ2v) is 7.09. The summed E-state index contributed by atoms with van der Waals surface area (Å²) in [6.07, 6.45) is -3.12. The summed E-state index contributed by atoms with van der Waals surface area (Å²) < 4.78 is 21.2. The normalized spacial score (nSPS) is 13.1. The topological polar surface area (TPSA) is 88.1 Å². The Kier molecular flexibility index (Phi) is 7.50. The van der Waals surface area contributed by atoms with Gasteiger partial charge >= 0.3 is 17.9 Å².